The average Bonchev–Trinajstić information content (AvgIpc) is 1.80. The molecule has 0 saturated carbocycles. The van der Waals surface area contributed by atoms with Gasteiger partial charge in [-0.2, -0.15) is 0 Å². The van der Waals surface area contributed by atoms with Gasteiger partial charge in [0.2, 0.25) is 0 Å². The molecule has 1 N–H and O–H groups in total. The third kappa shape index (κ3) is 3.21. The van der Waals surface area contributed by atoms with Crippen LogP contribution in [-0.2, 0) is 0 Å². The van der Waals surface area contributed by atoms with E-state index in [0.29, 0.717) is 12.5 Å². The number of hydrogen-bond donors (Lipinski definition) is 1. The van der Waals surface area contributed by atoms with Crippen molar-refractivity contribution >= 4 is 0 Å². The Labute approximate surface area is 64.5 Å². The molecule has 0 bridgehead atoms. The summed E-state index contributed by atoms with van der Waals surface area (Å²) >= 11 is 0. The summed E-state index contributed by atoms with van der Waals surface area (Å²) in [6.07, 6.45) is 2.31. The van der Waals surface area contributed by atoms with Crippen LogP contribution in [0.3, 0.4) is 0 Å². The first-order valence-corrected chi connectivity index (χ1v) is 4.13. The summed E-state index contributed by atoms with van der Waals surface area (Å²) in [5, 5.41) is 8.99. The molecule has 1 nitrogen and oxygen atoms in total. The van der Waals surface area contributed by atoms with Gasteiger partial charge < -0.3 is 5.11 Å². The Morgan fingerprint density at radius 1 is 1.30 bits per heavy atom. The monoisotopic (exact) mass is 144 g/mol. The highest BCUT2D eigenvalue weighted by atomic mass is 16.3. The van der Waals surface area contributed by atoms with Crippen LogP contribution in [0.5, 0.6) is 0 Å². The number of aliphatic hydroxyl groups excluding tert-OH is 1. The molecule has 0 aromatic rings. The molecule has 0 amide bonds. The Hall–Kier alpha value is -0.0400. The Bertz CT molecular complexity index is 81.2. The van der Waals surface area contributed by atoms with E-state index in [1.807, 2.05) is 0 Å². The fourth-order valence-electron chi connectivity index (χ4n) is 1.15. The van der Waals surface area contributed by atoms with Crippen molar-refractivity contribution in [2.24, 2.45) is 11.3 Å². The zero-order valence-corrected chi connectivity index (χ0v) is 7.65. The van der Waals surface area contributed by atoms with Crippen molar-refractivity contribution in [1.29, 1.82) is 0 Å². The van der Waals surface area contributed by atoms with Gasteiger partial charge in [0.25, 0.3) is 0 Å². The van der Waals surface area contributed by atoms with Gasteiger partial charge in [-0.05, 0) is 17.8 Å². The Morgan fingerprint density at radius 3 is 1.90 bits per heavy atom. The van der Waals surface area contributed by atoms with Crippen LogP contribution in [0.15, 0.2) is 0 Å². The normalized spacial score (nSPS) is 15.3. The highest BCUT2D eigenvalue weighted by molar-refractivity contribution is 4.72. The smallest absolute Gasteiger partial charge is 0.0464 e. The Balaban J connectivity index is 3.81. The van der Waals surface area contributed by atoms with Crippen molar-refractivity contribution in [3.05, 3.63) is 0 Å². The molecule has 0 radical (unpaired) electrons. The molecular weight excluding hydrogens is 124 g/mol. The largest absolute Gasteiger partial charge is 0.396 e. The van der Waals surface area contributed by atoms with E-state index in [9.17, 15) is 0 Å². The number of rotatable bonds is 3. The van der Waals surface area contributed by atoms with E-state index in [-0.39, 0.29) is 5.41 Å². The van der Waals surface area contributed by atoms with Gasteiger partial charge >= 0.3 is 0 Å². The molecule has 0 aromatic heterocycles. The van der Waals surface area contributed by atoms with Crippen molar-refractivity contribution in [3.63, 3.8) is 0 Å². The van der Waals surface area contributed by atoms with E-state index in [4.69, 9.17) is 5.11 Å². The maximum Gasteiger partial charge on any atom is 0.0464 e. The van der Waals surface area contributed by atoms with Crippen molar-refractivity contribution in [2.45, 2.75) is 40.5 Å². The lowest BCUT2D eigenvalue weighted by atomic mass is 9.79. The van der Waals surface area contributed by atoms with Crippen LogP contribution in [0.25, 0.3) is 0 Å². The molecular formula is C9H20O. The summed E-state index contributed by atoms with van der Waals surface area (Å²) in [4.78, 5) is 0. The fourth-order valence-corrected chi connectivity index (χ4v) is 1.15. The van der Waals surface area contributed by atoms with Crippen LogP contribution in [0, 0.1) is 11.3 Å². The van der Waals surface area contributed by atoms with Crippen LogP contribution in [0.4, 0.5) is 0 Å². The van der Waals surface area contributed by atoms with Gasteiger partial charge in [-0.1, -0.05) is 34.1 Å². The lowest BCUT2D eigenvalue weighted by molar-refractivity contribution is 0.122. The highest BCUT2D eigenvalue weighted by Crippen LogP contribution is 2.28. The predicted molar refractivity (Wildman–Crippen MR) is 44.9 cm³/mol. The van der Waals surface area contributed by atoms with Gasteiger partial charge in [0.05, 0.1) is 0 Å². The molecule has 62 valence electrons. The minimum atomic E-state index is 0.269. The third-order valence-electron chi connectivity index (χ3n) is 2.08. The summed E-state index contributed by atoms with van der Waals surface area (Å²) < 4.78 is 0. The van der Waals surface area contributed by atoms with Crippen LogP contribution in [0.2, 0.25) is 0 Å². The van der Waals surface area contributed by atoms with Gasteiger partial charge in [0.1, 0.15) is 0 Å². The quantitative estimate of drug-likeness (QED) is 0.645. The first-order valence-electron chi connectivity index (χ1n) is 4.13. The van der Waals surface area contributed by atoms with Gasteiger partial charge in [-0.15, -0.1) is 0 Å². The lowest BCUT2D eigenvalue weighted by Crippen LogP contribution is -2.23. The highest BCUT2D eigenvalue weighted by Gasteiger charge is 2.22. The lowest BCUT2D eigenvalue weighted by Gasteiger charge is -2.28. The van der Waals surface area contributed by atoms with Crippen molar-refractivity contribution < 1.29 is 5.11 Å². The second-order valence-corrected chi connectivity index (χ2v) is 4.03. The van der Waals surface area contributed by atoms with Crippen LogP contribution < -0.4 is 0 Å². The maximum absolute atomic E-state index is 8.99. The zero-order valence-electron chi connectivity index (χ0n) is 7.65. The van der Waals surface area contributed by atoms with Crippen LogP contribution in [0.1, 0.15) is 40.5 Å². The molecule has 0 aliphatic rings. The Morgan fingerprint density at radius 2 is 1.80 bits per heavy atom. The van der Waals surface area contributed by atoms with Crippen molar-refractivity contribution in [2.75, 3.05) is 6.61 Å². The van der Waals surface area contributed by atoms with E-state index in [2.05, 4.69) is 27.7 Å². The predicted octanol–water partition coefficient (Wildman–Crippen LogP) is 2.44. The molecule has 1 heteroatoms. The van der Waals surface area contributed by atoms with E-state index in [1.54, 1.807) is 0 Å². The third-order valence-corrected chi connectivity index (χ3v) is 2.08. The second-order valence-electron chi connectivity index (χ2n) is 4.03. The first kappa shape index (κ1) is 9.96. The van der Waals surface area contributed by atoms with Crippen LogP contribution in [-0.4, -0.2) is 11.7 Å². The summed E-state index contributed by atoms with van der Waals surface area (Å²) in [6.45, 7) is 9.04. The van der Waals surface area contributed by atoms with Crippen molar-refractivity contribution in [1.82, 2.24) is 0 Å². The van der Waals surface area contributed by atoms with E-state index in [0.717, 1.165) is 6.42 Å². The standard InChI is InChI=1S/C9H20O/c1-5-6-8(7-10)9(2,3)4/h8,10H,5-7H2,1-4H3/t8-/m0/s1. The van der Waals surface area contributed by atoms with Crippen LogP contribution >= 0.6 is 0 Å². The second kappa shape index (κ2) is 3.97. The maximum atomic E-state index is 8.99. The summed E-state index contributed by atoms with van der Waals surface area (Å²) in [5.41, 5.74) is 0.269. The molecule has 0 aliphatic carbocycles. The molecule has 0 spiro atoms. The molecule has 0 rings (SSSR count). The molecule has 10 heavy (non-hydrogen) atoms. The minimum Gasteiger partial charge on any atom is -0.396 e. The topological polar surface area (TPSA) is 20.2 Å². The molecule has 0 aliphatic heterocycles. The fraction of sp³-hybridized carbons (Fsp3) is 1.00. The molecule has 0 saturated heterocycles. The minimum absolute atomic E-state index is 0.269. The van der Waals surface area contributed by atoms with Crippen molar-refractivity contribution in [3.8, 4) is 0 Å². The van der Waals surface area contributed by atoms with Gasteiger partial charge in [0, 0.05) is 6.61 Å². The molecule has 0 aromatic carbocycles. The molecule has 0 fully saturated rings. The van der Waals surface area contributed by atoms with E-state index < -0.39 is 0 Å². The summed E-state index contributed by atoms with van der Waals surface area (Å²) in [5.74, 6) is 0.470. The molecule has 0 unspecified atom stereocenters. The number of aliphatic hydroxyl groups is 1. The zero-order chi connectivity index (χ0) is 8.20. The van der Waals surface area contributed by atoms with Gasteiger partial charge in [0.15, 0.2) is 0 Å². The Kier molecular flexibility index (Phi) is 3.95. The van der Waals surface area contributed by atoms with Gasteiger partial charge in [-0.25, -0.2) is 0 Å². The van der Waals surface area contributed by atoms with E-state index >= 15 is 0 Å². The van der Waals surface area contributed by atoms with E-state index in [1.165, 1.54) is 6.42 Å². The summed E-state index contributed by atoms with van der Waals surface area (Å²) in [6, 6.07) is 0. The summed E-state index contributed by atoms with van der Waals surface area (Å²) in [7, 11) is 0. The molecule has 0 heterocycles. The SMILES string of the molecule is CCC[C@@H](CO)C(C)(C)C. The average molecular weight is 144 g/mol. The molecule has 1 atom stereocenters. The first-order chi connectivity index (χ1) is 4.52. The number of hydrogen-bond acceptors (Lipinski definition) is 1. The van der Waals surface area contributed by atoms with Gasteiger partial charge in [-0.3, -0.25) is 0 Å².